The summed E-state index contributed by atoms with van der Waals surface area (Å²) in [6, 6.07) is 10.7. The number of aliphatic hydroxyl groups is 1. The maximum atomic E-state index is 12.1. The van der Waals surface area contributed by atoms with Gasteiger partial charge >= 0.3 is 0 Å². The Bertz CT molecular complexity index is 721. The van der Waals surface area contributed by atoms with Gasteiger partial charge in [-0.05, 0) is 43.2 Å². The molecule has 6 nitrogen and oxygen atoms in total. The molecule has 0 fully saturated rings. The van der Waals surface area contributed by atoms with Gasteiger partial charge in [-0.3, -0.25) is 9.59 Å². The van der Waals surface area contributed by atoms with Gasteiger partial charge in [-0.25, -0.2) is 0 Å². The number of anilines is 2. The van der Waals surface area contributed by atoms with Gasteiger partial charge in [-0.15, -0.1) is 0 Å². The summed E-state index contributed by atoms with van der Waals surface area (Å²) in [5.74, 6) is -0.371. The molecule has 0 aliphatic heterocycles. The molecule has 0 aliphatic carbocycles. The number of ether oxygens (including phenoxy) is 1. The molecule has 2 aromatic carbocycles. The normalized spacial score (nSPS) is 10.2. The topological polar surface area (TPSA) is 87.7 Å². The van der Waals surface area contributed by atoms with E-state index in [9.17, 15) is 14.7 Å². The van der Waals surface area contributed by atoms with Crippen molar-refractivity contribution < 1.29 is 19.4 Å². The highest BCUT2D eigenvalue weighted by Crippen LogP contribution is 2.25. The van der Waals surface area contributed by atoms with Crippen molar-refractivity contribution in [1.82, 2.24) is 0 Å². The largest absolute Gasteiger partial charge is 0.495 e. The molecule has 0 spiro atoms. The summed E-state index contributed by atoms with van der Waals surface area (Å²) in [5, 5.41) is 14.7. The minimum atomic E-state index is -0.454. The molecule has 0 atom stereocenters. The van der Waals surface area contributed by atoms with Crippen LogP contribution >= 0.6 is 0 Å². The van der Waals surface area contributed by atoms with Crippen LogP contribution in [-0.2, 0) is 16.2 Å². The number of carbonyl (C=O) groups is 2. The Hall–Kier alpha value is -2.86. The number of nitrogens with one attached hydrogen (secondary N) is 2. The van der Waals surface area contributed by atoms with Crippen LogP contribution in [0.2, 0.25) is 0 Å². The zero-order valence-electron chi connectivity index (χ0n) is 14.6. The molecule has 2 amide bonds. The van der Waals surface area contributed by atoms with Gasteiger partial charge in [-0.2, -0.15) is 0 Å². The van der Waals surface area contributed by atoms with Crippen LogP contribution in [0.5, 0.6) is 5.75 Å². The minimum Gasteiger partial charge on any atom is -0.495 e. The number of aliphatic hydroxyl groups excluding tert-OH is 1. The van der Waals surface area contributed by atoms with E-state index in [4.69, 9.17) is 4.74 Å². The minimum absolute atomic E-state index is 0.192. The lowest BCUT2D eigenvalue weighted by Gasteiger charge is -2.12. The van der Waals surface area contributed by atoms with E-state index in [0.29, 0.717) is 22.7 Å². The van der Waals surface area contributed by atoms with E-state index in [1.54, 1.807) is 24.3 Å². The molecular weight excluding hydrogens is 320 g/mol. The van der Waals surface area contributed by atoms with Gasteiger partial charge in [0.05, 0.1) is 19.4 Å². The van der Waals surface area contributed by atoms with Crippen molar-refractivity contribution in [2.45, 2.75) is 26.9 Å². The predicted molar refractivity (Wildman–Crippen MR) is 96.7 cm³/mol. The van der Waals surface area contributed by atoms with Crippen LogP contribution in [0.15, 0.2) is 36.4 Å². The Morgan fingerprint density at radius 1 is 0.960 bits per heavy atom. The van der Waals surface area contributed by atoms with Gasteiger partial charge in [0.25, 0.3) is 0 Å². The van der Waals surface area contributed by atoms with Crippen molar-refractivity contribution in [3.05, 3.63) is 53.1 Å². The number of hydrogen-bond acceptors (Lipinski definition) is 4. The van der Waals surface area contributed by atoms with E-state index in [1.165, 1.54) is 7.11 Å². The summed E-state index contributed by atoms with van der Waals surface area (Å²) < 4.78 is 5.20. The molecule has 0 aromatic heterocycles. The fraction of sp³-hybridized carbons (Fsp3) is 0.263. The summed E-state index contributed by atoms with van der Waals surface area (Å²) in [6.07, 6.45) is -0.337. The number of aryl methyl sites for hydroxylation is 2. The summed E-state index contributed by atoms with van der Waals surface area (Å²) in [5.41, 5.74) is 3.54. The first kappa shape index (κ1) is 18.5. The molecule has 6 heteroatoms. The molecule has 2 aromatic rings. The van der Waals surface area contributed by atoms with Crippen LogP contribution in [0, 0.1) is 13.8 Å². The third kappa shape index (κ3) is 5.06. The summed E-state index contributed by atoms with van der Waals surface area (Å²) >= 11 is 0. The molecule has 0 radical (unpaired) electrons. The fourth-order valence-corrected chi connectivity index (χ4v) is 2.40. The van der Waals surface area contributed by atoms with Crippen molar-refractivity contribution in [3.63, 3.8) is 0 Å². The van der Waals surface area contributed by atoms with E-state index in [0.717, 1.165) is 11.1 Å². The molecule has 0 saturated carbocycles. The first-order chi connectivity index (χ1) is 11.9. The van der Waals surface area contributed by atoms with E-state index >= 15 is 0 Å². The average molecular weight is 342 g/mol. The third-order valence-corrected chi connectivity index (χ3v) is 3.66. The predicted octanol–water partition coefficient (Wildman–Crippen LogP) is 2.77. The van der Waals surface area contributed by atoms with Crippen LogP contribution in [0.1, 0.15) is 23.1 Å². The maximum Gasteiger partial charge on any atom is 0.233 e. The SMILES string of the molecule is COc1ccc(C)cc1NC(=O)CC(=O)Nc1cc(C)ccc1CO. The zero-order valence-corrected chi connectivity index (χ0v) is 14.6. The first-order valence-electron chi connectivity index (χ1n) is 7.87. The number of benzene rings is 2. The van der Waals surface area contributed by atoms with E-state index < -0.39 is 11.8 Å². The summed E-state index contributed by atoms with van der Waals surface area (Å²) in [7, 11) is 1.52. The third-order valence-electron chi connectivity index (χ3n) is 3.66. The van der Waals surface area contributed by atoms with Crippen molar-refractivity contribution in [2.75, 3.05) is 17.7 Å². The Morgan fingerprint density at radius 2 is 1.52 bits per heavy atom. The van der Waals surface area contributed by atoms with Gasteiger partial charge in [0.1, 0.15) is 12.2 Å². The Kier molecular flexibility index (Phi) is 6.14. The number of rotatable bonds is 6. The first-order valence-corrected chi connectivity index (χ1v) is 7.87. The summed E-state index contributed by atoms with van der Waals surface area (Å²) in [4.78, 5) is 24.3. The second kappa shape index (κ2) is 8.30. The highest BCUT2D eigenvalue weighted by atomic mass is 16.5. The second-order valence-electron chi connectivity index (χ2n) is 5.80. The van der Waals surface area contributed by atoms with Crippen LogP contribution in [0.25, 0.3) is 0 Å². The molecule has 25 heavy (non-hydrogen) atoms. The van der Waals surface area contributed by atoms with Crippen LogP contribution in [0.3, 0.4) is 0 Å². The lowest BCUT2D eigenvalue weighted by molar-refractivity contribution is -0.123. The number of carbonyl (C=O) groups excluding carboxylic acids is 2. The highest BCUT2D eigenvalue weighted by Gasteiger charge is 2.14. The molecule has 0 bridgehead atoms. The van der Waals surface area contributed by atoms with Crippen molar-refractivity contribution >= 4 is 23.2 Å². The molecule has 0 aliphatic rings. The van der Waals surface area contributed by atoms with Gasteiger partial charge in [0.2, 0.25) is 11.8 Å². The fourth-order valence-electron chi connectivity index (χ4n) is 2.40. The maximum absolute atomic E-state index is 12.1. The van der Waals surface area contributed by atoms with Gasteiger partial charge in [0, 0.05) is 11.3 Å². The van der Waals surface area contributed by atoms with Crippen LogP contribution in [0.4, 0.5) is 11.4 Å². The average Bonchev–Trinajstić information content (AvgIpc) is 2.55. The van der Waals surface area contributed by atoms with Crippen molar-refractivity contribution in [2.24, 2.45) is 0 Å². The standard InChI is InChI=1S/C19H22N2O4/c1-12-4-6-14(11-22)15(8-12)20-18(23)10-19(24)21-16-9-13(2)5-7-17(16)25-3/h4-9,22H,10-11H2,1-3H3,(H,20,23)(H,21,24). The van der Waals surface area contributed by atoms with Crippen molar-refractivity contribution in [1.29, 1.82) is 0 Å². The number of hydrogen-bond donors (Lipinski definition) is 3. The Balaban J connectivity index is 2.03. The van der Waals surface area contributed by atoms with Gasteiger partial charge in [-0.1, -0.05) is 18.2 Å². The van der Waals surface area contributed by atoms with Crippen LogP contribution in [-0.4, -0.2) is 24.0 Å². The highest BCUT2D eigenvalue weighted by molar-refractivity contribution is 6.08. The van der Waals surface area contributed by atoms with Crippen LogP contribution < -0.4 is 15.4 Å². The molecule has 3 N–H and O–H groups in total. The quantitative estimate of drug-likeness (QED) is 0.705. The molecule has 0 unspecified atom stereocenters. The monoisotopic (exact) mass is 342 g/mol. The molecule has 0 heterocycles. The van der Waals surface area contributed by atoms with E-state index in [1.807, 2.05) is 26.0 Å². The molecular formula is C19H22N2O4. The molecule has 132 valence electrons. The smallest absolute Gasteiger partial charge is 0.233 e. The number of methoxy groups -OCH3 is 1. The van der Waals surface area contributed by atoms with Gasteiger partial charge < -0.3 is 20.5 Å². The van der Waals surface area contributed by atoms with Gasteiger partial charge in [0.15, 0.2) is 0 Å². The van der Waals surface area contributed by atoms with E-state index in [2.05, 4.69) is 10.6 Å². The Labute approximate surface area is 146 Å². The molecule has 2 rings (SSSR count). The summed E-state index contributed by atoms with van der Waals surface area (Å²) in [6.45, 7) is 3.59. The van der Waals surface area contributed by atoms with E-state index in [-0.39, 0.29) is 13.0 Å². The van der Waals surface area contributed by atoms with Crippen molar-refractivity contribution in [3.8, 4) is 5.75 Å². The second-order valence-corrected chi connectivity index (χ2v) is 5.80. The Morgan fingerprint density at radius 3 is 2.12 bits per heavy atom. The lowest BCUT2D eigenvalue weighted by atomic mass is 10.1. The molecule has 0 saturated heterocycles. The lowest BCUT2D eigenvalue weighted by Crippen LogP contribution is -2.22. The zero-order chi connectivity index (χ0) is 18.4. The number of amides is 2.